The van der Waals surface area contributed by atoms with E-state index in [1.807, 2.05) is 6.92 Å². The van der Waals surface area contributed by atoms with E-state index >= 15 is 0 Å². The molecular weight excluding hydrogens is 143 g/mol. The highest BCUT2D eigenvalue weighted by Gasteiger charge is 1.98. The highest BCUT2D eigenvalue weighted by Crippen LogP contribution is 2.11. The molecule has 0 heterocycles. The molecule has 0 saturated carbocycles. The lowest BCUT2D eigenvalue weighted by atomic mass is 10.2. The Morgan fingerprint density at radius 2 is 2.18 bits per heavy atom. The normalized spacial score (nSPS) is 13.4. The minimum Gasteiger partial charge on any atom is -0.505 e. The van der Waals surface area contributed by atoms with Crippen molar-refractivity contribution in [3.8, 4) is 0 Å². The Bertz CT molecular complexity index is 202. The van der Waals surface area contributed by atoms with Gasteiger partial charge < -0.3 is 5.11 Å². The minimum atomic E-state index is -0.626. The molecule has 0 aromatic carbocycles. The number of aliphatic hydroxyl groups excluding tert-OH is 1. The molecule has 1 nitrogen and oxygen atoms in total. The van der Waals surface area contributed by atoms with Crippen LogP contribution in [0.25, 0.3) is 0 Å². The van der Waals surface area contributed by atoms with Crippen molar-refractivity contribution in [1.29, 1.82) is 0 Å². The van der Waals surface area contributed by atoms with Gasteiger partial charge in [0.05, 0.1) is 0 Å². The van der Waals surface area contributed by atoms with E-state index in [1.54, 1.807) is 6.92 Å². The smallest absolute Gasteiger partial charge is 0.164 e. The van der Waals surface area contributed by atoms with Crippen molar-refractivity contribution in [2.45, 2.75) is 20.3 Å². The van der Waals surface area contributed by atoms with Gasteiger partial charge in [0, 0.05) is 0 Å². The van der Waals surface area contributed by atoms with Gasteiger partial charge in [-0.3, -0.25) is 0 Å². The first kappa shape index (κ1) is 9.95. The average Bonchev–Trinajstić information content (AvgIpc) is 2.02. The van der Waals surface area contributed by atoms with Crippen LogP contribution in [0.5, 0.6) is 0 Å². The van der Waals surface area contributed by atoms with Crippen LogP contribution in [0, 0.1) is 0 Å². The number of hydrogen-bond acceptors (Lipinski definition) is 1. The van der Waals surface area contributed by atoms with Crippen LogP contribution in [0.1, 0.15) is 20.3 Å². The lowest BCUT2D eigenvalue weighted by Gasteiger charge is -1.95. The fourth-order valence-corrected chi connectivity index (χ4v) is 0.493. The Balaban J connectivity index is 4.34. The van der Waals surface area contributed by atoms with Gasteiger partial charge in [-0.15, -0.1) is 0 Å². The van der Waals surface area contributed by atoms with Crippen LogP contribution in [-0.4, -0.2) is 5.11 Å². The van der Waals surface area contributed by atoms with Crippen LogP contribution in [-0.2, 0) is 0 Å². The molecule has 0 spiro atoms. The maximum atomic E-state index is 12.7. The van der Waals surface area contributed by atoms with Crippen LogP contribution in [0.4, 0.5) is 4.39 Å². The molecule has 0 bridgehead atoms. The van der Waals surface area contributed by atoms with Crippen molar-refractivity contribution in [2.75, 3.05) is 0 Å². The molecule has 2 heteroatoms. The Morgan fingerprint density at radius 1 is 1.64 bits per heavy atom. The maximum Gasteiger partial charge on any atom is 0.164 e. The number of rotatable bonds is 3. The first-order chi connectivity index (χ1) is 5.11. The largest absolute Gasteiger partial charge is 0.505 e. The zero-order chi connectivity index (χ0) is 8.85. The van der Waals surface area contributed by atoms with Gasteiger partial charge in [0.2, 0.25) is 0 Å². The summed E-state index contributed by atoms with van der Waals surface area (Å²) in [6.07, 6.45) is 3.22. The predicted molar refractivity (Wildman–Crippen MR) is 45.0 cm³/mol. The summed E-state index contributed by atoms with van der Waals surface area (Å²) in [5.74, 6) is -0.959. The lowest BCUT2D eigenvalue weighted by Crippen LogP contribution is -1.82. The molecule has 0 aliphatic rings. The number of aliphatic hydroxyl groups is 1. The summed E-state index contributed by atoms with van der Waals surface area (Å²) in [6.45, 7) is 7.02. The summed E-state index contributed by atoms with van der Waals surface area (Å²) >= 11 is 0. The predicted octanol–water partition coefficient (Wildman–Crippen LogP) is 3.27. The SMILES string of the molecule is C=C(/C=C(F)\C(O)=C/C)CC. The summed E-state index contributed by atoms with van der Waals surface area (Å²) in [5.41, 5.74) is 0.663. The Kier molecular flexibility index (Phi) is 4.27. The second-order valence-corrected chi connectivity index (χ2v) is 2.18. The zero-order valence-electron chi connectivity index (χ0n) is 6.89. The third-order valence-corrected chi connectivity index (χ3v) is 1.30. The average molecular weight is 156 g/mol. The maximum absolute atomic E-state index is 12.7. The van der Waals surface area contributed by atoms with Crippen LogP contribution < -0.4 is 0 Å². The van der Waals surface area contributed by atoms with Gasteiger partial charge in [0.25, 0.3) is 0 Å². The first-order valence-corrected chi connectivity index (χ1v) is 3.52. The van der Waals surface area contributed by atoms with Gasteiger partial charge in [0.1, 0.15) is 5.76 Å². The molecule has 0 amide bonds. The zero-order valence-corrected chi connectivity index (χ0v) is 6.89. The quantitative estimate of drug-likeness (QED) is 0.491. The van der Waals surface area contributed by atoms with Gasteiger partial charge in [-0.25, -0.2) is 4.39 Å². The molecule has 0 saturated heterocycles. The molecule has 0 aromatic rings. The summed E-state index contributed by atoms with van der Waals surface area (Å²) in [6, 6.07) is 0. The first-order valence-electron chi connectivity index (χ1n) is 3.52. The Hall–Kier alpha value is -1.05. The van der Waals surface area contributed by atoms with E-state index in [0.717, 1.165) is 0 Å². The van der Waals surface area contributed by atoms with E-state index in [1.165, 1.54) is 12.2 Å². The summed E-state index contributed by atoms with van der Waals surface area (Å²) in [7, 11) is 0. The van der Waals surface area contributed by atoms with Crippen LogP contribution >= 0.6 is 0 Å². The molecule has 0 aliphatic heterocycles. The molecule has 11 heavy (non-hydrogen) atoms. The van der Waals surface area contributed by atoms with Crippen LogP contribution in [0.15, 0.2) is 35.9 Å². The van der Waals surface area contributed by atoms with Crippen molar-refractivity contribution in [3.63, 3.8) is 0 Å². The van der Waals surface area contributed by atoms with Gasteiger partial charge in [-0.1, -0.05) is 19.1 Å². The number of allylic oxidation sites excluding steroid dienone is 4. The highest BCUT2D eigenvalue weighted by molar-refractivity contribution is 5.26. The van der Waals surface area contributed by atoms with Gasteiger partial charge in [-0.2, -0.15) is 0 Å². The summed E-state index contributed by atoms with van der Waals surface area (Å²) in [4.78, 5) is 0. The van der Waals surface area contributed by atoms with E-state index in [0.29, 0.717) is 12.0 Å². The molecular formula is C9H13FO. The van der Waals surface area contributed by atoms with E-state index in [2.05, 4.69) is 6.58 Å². The molecule has 0 aromatic heterocycles. The van der Waals surface area contributed by atoms with Crippen molar-refractivity contribution in [2.24, 2.45) is 0 Å². The van der Waals surface area contributed by atoms with Crippen molar-refractivity contribution in [3.05, 3.63) is 35.9 Å². The summed E-state index contributed by atoms with van der Waals surface area (Å²) in [5, 5.41) is 8.85. The molecule has 0 fully saturated rings. The third-order valence-electron chi connectivity index (χ3n) is 1.30. The third kappa shape index (κ3) is 3.61. The van der Waals surface area contributed by atoms with E-state index in [-0.39, 0.29) is 5.76 Å². The molecule has 1 N–H and O–H groups in total. The van der Waals surface area contributed by atoms with Crippen LogP contribution in [0.3, 0.4) is 0 Å². The lowest BCUT2D eigenvalue weighted by molar-refractivity contribution is 0.388. The topological polar surface area (TPSA) is 20.2 Å². The Morgan fingerprint density at radius 3 is 2.55 bits per heavy atom. The number of hydrogen-bond donors (Lipinski definition) is 1. The molecule has 0 rings (SSSR count). The fraction of sp³-hybridized carbons (Fsp3) is 0.333. The van der Waals surface area contributed by atoms with E-state index < -0.39 is 5.83 Å². The van der Waals surface area contributed by atoms with Gasteiger partial charge >= 0.3 is 0 Å². The second kappa shape index (κ2) is 4.72. The monoisotopic (exact) mass is 156 g/mol. The molecule has 0 unspecified atom stereocenters. The summed E-state index contributed by atoms with van der Waals surface area (Å²) < 4.78 is 12.7. The van der Waals surface area contributed by atoms with Crippen LogP contribution in [0.2, 0.25) is 0 Å². The van der Waals surface area contributed by atoms with Gasteiger partial charge in [-0.05, 0) is 25.5 Å². The van der Waals surface area contributed by atoms with Crippen molar-refractivity contribution in [1.82, 2.24) is 0 Å². The minimum absolute atomic E-state index is 0.334. The fourth-order valence-electron chi connectivity index (χ4n) is 0.493. The second-order valence-electron chi connectivity index (χ2n) is 2.18. The van der Waals surface area contributed by atoms with E-state index in [9.17, 15) is 4.39 Å². The Labute approximate surface area is 66.5 Å². The van der Waals surface area contributed by atoms with Crippen molar-refractivity contribution < 1.29 is 9.50 Å². The van der Waals surface area contributed by atoms with Crippen molar-refractivity contribution >= 4 is 0 Å². The molecule has 0 atom stereocenters. The highest BCUT2D eigenvalue weighted by atomic mass is 19.1. The van der Waals surface area contributed by atoms with E-state index in [4.69, 9.17) is 5.11 Å². The molecule has 0 radical (unpaired) electrons. The molecule has 62 valence electrons. The van der Waals surface area contributed by atoms with Gasteiger partial charge in [0.15, 0.2) is 5.83 Å². The number of halogens is 1. The standard InChI is InChI=1S/C9H13FO/c1-4-7(3)6-8(10)9(11)5-2/h5-6,11H,3-4H2,1-2H3/b8-6+,9-5+. The molecule has 0 aliphatic carbocycles.